The van der Waals surface area contributed by atoms with Gasteiger partial charge in [-0.05, 0) is 64.3 Å². The van der Waals surface area contributed by atoms with Crippen molar-refractivity contribution in [3.05, 3.63) is 62.5 Å². The standard InChI is InChI=1S/C28H38N4O6/c1-3-38-28(34)26-23(19-31-15-8-5-9-16-31)29-22(18-30-13-6-4-7-14-30)25(27(33)37-2)24(26)20-11-10-12-21(17-20)32(35)36/h10-12,17,24,29H,3-9,13-16,18-19H2,1-2H3. The number of hydrogen-bond donors (Lipinski definition) is 1. The van der Waals surface area contributed by atoms with Crippen LogP contribution in [0.4, 0.5) is 5.69 Å². The minimum Gasteiger partial charge on any atom is -0.466 e. The largest absolute Gasteiger partial charge is 0.466 e. The van der Waals surface area contributed by atoms with Crippen molar-refractivity contribution in [1.29, 1.82) is 0 Å². The normalized spacial score (nSPS) is 21.2. The molecule has 0 aromatic heterocycles. The van der Waals surface area contributed by atoms with E-state index in [2.05, 4.69) is 15.1 Å². The summed E-state index contributed by atoms with van der Waals surface area (Å²) in [7, 11) is 1.31. The Morgan fingerprint density at radius 2 is 1.50 bits per heavy atom. The summed E-state index contributed by atoms with van der Waals surface area (Å²) in [5.41, 5.74) is 2.33. The van der Waals surface area contributed by atoms with E-state index < -0.39 is 22.8 Å². The van der Waals surface area contributed by atoms with E-state index >= 15 is 0 Å². The molecule has 3 aliphatic heterocycles. The second-order valence-electron chi connectivity index (χ2n) is 10.1. The molecule has 4 rings (SSSR count). The van der Waals surface area contributed by atoms with Crippen molar-refractivity contribution in [2.45, 2.75) is 51.4 Å². The van der Waals surface area contributed by atoms with Gasteiger partial charge in [-0.25, -0.2) is 9.59 Å². The van der Waals surface area contributed by atoms with E-state index in [0.717, 1.165) is 51.9 Å². The van der Waals surface area contributed by atoms with Crippen molar-refractivity contribution >= 4 is 17.6 Å². The van der Waals surface area contributed by atoms with E-state index in [9.17, 15) is 19.7 Å². The van der Waals surface area contributed by atoms with Gasteiger partial charge in [0.1, 0.15) is 0 Å². The number of hydrogen-bond acceptors (Lipinski definition) is 9. The Balaban J connectivity index is 1.88. The van der Waals surface area contributed by atoms with Crippen molar-refractivity contribution in [3.63, 3.8) is 0 Å². The maximum Gasteiger partial charge on any atom is 0.336 e. The molecule has 0 saturated carbocycles. The van der Waals surface area contributed by atoms with E-state index in [1.807, 2.05) is 0 Å². The third-order valence-corrected chi connectivity index (χ3v) is 7.51. The first kappa shape index (κ1) is 27.8. The summed E-state index contributed by atoms with van der Waals surface area (Å²) in [6.45, 7) is 6.55. The highest BCUT2D eigenvalue weighted by Crippen LogP contribution is 2.41. The van der Waals surface area contributed by atoms with Gasteiger partial charge in [-0.1, -0.05) is 25.0 Å². The smallest absolute Gasteiger partial charge is 0.336 e. The number of nitrogens with one attached hydrogen (secondary N) is 1. The monoisotopic (exact) mass is 526 g/mol. The summed E-state index contributed by atoms with van der Waals surface area (Å²) in [4.78, 5) is 42.7. The Morgan fingerprint density at radius 1 is 0.947 bits per heavy atom. The minimum absolute atomic E-state index is 0.108. The molecule has 0 radical (unpaired) electrons. The zero-order chi connectivity index (χ0) is 27.1. The Kier molecular flexibility index (Phi) is 9.52. The molecule has 3 heterocycles. The second kappa shape index (κ2) is 13.0. The van der Waals surface area contributed by atoms with Crippen molar-refractivity contribution in [2.24, 2.45) is 0 Å². The zero-order valence-corrected chi connectivity index (χ0v) is 22.4. The number of nitro benzene ring substituents is 1. The molecule has 1 N–H and O–H groups in total. The number of rotatable bonds is 9. The van der Waals surface area contributed by atoms with Gasteiger partial charge in [-0.3, -0.25) is 19.9 Å². The molecule has 0 spiro atoms. The second-order valence-corrected chi connectivity index (χ2v) is 10.1. The molecule has 3 aliphatic rings. The van der Waals surface area contributed by atoms with Gasteiger partial charge in [0.15, 0.2) is 0 Å². The van der Waals surface area contributed by atoms with Crippen molar-refractivity contribution in [2.75, 3.05) is 53.0 Å². The molecule has 1 atom stereocenters. The minimum atomic E-state index is -0.859. The summed E-state index contributed by atoms with van der Waals surface area (Å²) < 4.78 is 10.7. The average Bonchev–Trinajstić information content (AvgIpc) is 2.93. The van der Waals surface area contributed by atoms with Crippen molar-refractivity contribution in [1.82, 2.24) is 15.1 Å². The van der Waals surface area contributed by atoms with E-state index in [0.29, 0.717) is 41.2 Å². The fourth-order valence-corrected chi connectivity index (χ4v) is 5.69. The molecule has 0 amide bonds. The number of carbonyl (C=O) groups is 2. The number of ether oxygens (including phenoxy) is 2. The van der Waals surface area contributed by atoms with Gasteiger partial charge in [0.2, 0.25) is 0 Å². The number of esters is 2. The first-order chi connectivity index (χ1) is 18.4. The predicted octanol–water partition coefficient (Wildman–Crippen LogP) is 3.50. The molecular formula is C28H38N4O6. The van der Waals surface area contributed by atoms with Crippen LogP contribution in [0.5, 0.6) is 0 Å². The number of likely N-dealkylation sites (tertiary alicyclic amines) is 2. The van der Waals surface area contributed by atoms with Crippen LogP contribution < -0.4 is 5.32 Å². The summed E-state index contributed by atoms with van der Waals surface area (Å²) in [5.74, 6) is -1.97. The van der Waals surface area contributed by atoms with Crippen LogP contribution in [-0.2, 0) is 19.1 Å². The Bertz CT molecular complexity index is 1100. The fraction of sp³-hybridized carbons (Fsp3) is 0.571. The Morgan fingerprint density at radius 3 is 2.00 bits per heavy atom. The van der Waals surface area contributed by atoms with Gasteiger partial charge >= 0.3 is 11.9 Å². The molecule has 10 heteroatoms. The van der Waals surface area contributed by atoms with Crippen LogP contribution in [0.3, 0.4) is 0 Å². The van der Waals surface area contributed by atoms with Gasteiger partial charge < -0.3 is 14.8 Å². The van der Waals surface area contributed by atoms with Crippen molar-refractivity contribution < 1.29 is 24.0 Å². The molecule has 38 heavy (non-hydrogen) atoms. The summed E-state index contributed by atoms with van der Waals surface area (Å²) in [6, 6.07) is 6.16. The van der Waals surface area contributed by atoms with Crippen LogP contribution in [0.2, 0.25) is 0 Å². The van der Waals surface area contributed by atoms with Gasteiger partial charge in [-0.2, -0.15) is 0 Å². The molecule has 2 saturated heterocycles. The van der Waals surface area contributed by atoms with Crippen LogP contribution >= 0.6 is 0 Å². The van der Waals surface area contributed by atoms with E-state index in [-0.39, 0.29) is 12.3 Å². The fourth-order valence-electron chi connectivity index (χ4n) is 5.69. The van der Waals surface area contributed by atoms with Crippen LogP contribution in [0, 0.1) is 10.1 Å². The summed E-state index contributed by atoms with van der Waals surface area (Å²) >= 11 is 0. The summed E-state index contributed by atoms with van der Waals surface area (Å²) in [5, 5.41) is 15.1. The number of nitrogens with zero attached hydrogens (tertiary/aromatic N) is 3. The number of dihydropyridines is 1. The highest BCUT2D eigenvalue weighted by atomic mass is 16.6. The van der Waals surface area contributed by atoms with Gasteiger partial charge in [0, 0.05) is 36.6 Å². The van der Waals surface area contributed by atoms with E-state index in [1.165, 1.54) is 32.1 Å². The molecule has 2 fully saturated rings. The third kappa shape index (κ3) is 6.42. The highest BCUT2D eigenvalue weighted by molar-refractivity contribution is 6.00. The number of piperidine rings is 2. The molecule has 10 nitrogen and oxygen atoms in total. The van der Waals surface area contributed by atoms with Crippen LogP contribution in [-0.4, -0.2) is 79.6 Å². The summed E-state index contributed by atoms with van der Waals surface area (Å²) in [6.07, 6.45) is 6.69. The lowest BCUT2D eigenvalue weighted by Crippen LogP contribution is -2.43. The first-order valence-electron chi connectivity index (χ1n) is 13.6. The molecule has 1 aromatic rings. The molecule has 206 valence electrons. The molecular weight excluding hydrogens is 488 g/mol. The van der Waals surface area contributed by atoms with Gasteiger partial charge in [0.25, 0.3) is 5.69 Å². The maximum absolute atomic E-state index is 13.5. The number of methoxy groups -OCH3 is 1. The average molecular weight is 527 g/mol. The molecule has 1 aromatic carbocycles. The van der Waals surface area contributed by atoms with E-state index in [4.69, 9.17) is 9.47 Å². The van der Waals surface area contributed by atoms with Crippen LogP contribution in [0.15, 0.2) is 46.8 Å². The zero-order valence-electron chi connectivity index (χ0n) is 22.4. The Labute approximate surface area is 223 Å². The topological polar surface area (TPSA) is 114 Å². The van der Waals surface area contributed by atoms with Gasteiger partial charge in [0.05, 0.1) is 35.7 Å². The SMILES string of the molecule is CCOC(=O)C1=C(CN2CCCCC2)NC(CN2CCCCC2)=C(C(=O)OC)C1c1cccc([N+](=O)[O-])c1. The molecule has 0 bridgehead atoms. The highest BCUT2D eigenvalue weighted by Gasteiger charge is 2.41. The number of nitro groups is 1. The third-order valence-electron chi connectivity index (χ3n) is 7.51. The molecule has 1 unspecified atom stereocenters. The van der Waals surface area contributed by atoms with Crippen LogP contribution in [0.1, 0.15) is 56.9 Å². The maximum atomic E-state index is 13.5. The number of non-ortho nitro benzene ring substituents is 1. The lowest BCUT2D eigenvalue weighted by Gasteiger charge is -2.37. The lowest BCUT2D eigenvalue weighted by molar-refractivity contribution is -0.384. The lowest BCUT2D eigenvalue weighted by atomic mass is 9.79. The quantitative estimate of drug-likeness (QED) is 0.293. The Hall–Kier alpha value is -3.24. The number of carbonyl (C=O) groups excluding carboxylic acids is 2. The van der Waals surface area contributed by atoms with Gasteiger partial charge in [-0.15, -0.1) is 0 Å². The molecule has 0 aliphatic carbocycles. The van der Waals surface area contributed by atoms with Crippen molar-refractivity contribution in [3.8, 4) is 0 Å². The van der Waals surface area contributed by atoms with E-state index in [1.54, 1.807) is 19.1 Å². The first-order valence-corrected chi connectivity index (χ1v) is 13.6. The predicted molar refractivity (Wildman–Crippen MR) is 142 cm³/mol. The van der Waals surface area contributed by atoms with Crippen LogP contribution in [0.25, 0.3) is 0 Å². The number of benzene rings is 1.